The average molecular weight is 581 g/mol. The lowest BCUT2D eigenvalue weighted by atomic mass is 9.88. The number of sulfonamides is 1. The molecule has 9 nitrogen and oxygen atoms in total. The summed E-state index contributed by atoms with van der Waals surface area (Å²) in [4.78, 5) is 31.5. The van der Waals surface area contributed by atoms with Crippen LogP contribution in [0.4, 0.5) is 10.1 Å². The number of anilines is 1. The number of fused-ring (bicyclic) bond motifs is 1. The Labute approximate surface area is 238 Å². The number of nitrogens with one attached hydrogen (secondary N) is 2. The van der Waals surface area contributed by atoms with Gasteiger partial charge >= 0.3 is 0 Å². The number of benzene rings is 2. The van der Waals surface area contributed by atoms with Gasteiger partial charge in [0.15, 0.2) is 0 Å². The number of aromatic nitrogens is 1. The quantitative estimate of drug-likeness (QED) is 0.335. The fourth-order valence-corrected chi connectivity index (χ4v) is 5.96. The minimum absolute atomic E-state index is 0.113. The highest BCUT2D eigenvalue weighted by Gasteiger charge is 2.32. The molecule has 4 aromatic rings. The zero-order chi connectivity index (χ0) is 29.6. The van der Waals surface area contributed by atoms with E-state index in [1.54, 1.807) is 17.0 Å². The maximum Gasteiger partial charge on any atom is 0.270 e. The highest BCUT2D eigenvalue weighted by atomic mass is 32.2. The van der Waals surface area contributed by atoms with Crippen molar-refractivity contribution in [1.29, 1.82) is 0 Å². The molecule has 2 amide bonds. The van der Waals surface area contributed by atoms with Gasteiger partial charge in [-0.1, -0.05) is 0 Å². The van der Waals surface area contributed by atoms with Crippen LogP contribution in [0.15, 0.2) is 46.9 Å². The second kappa shape index (κ2) is 10.7. The molecule has 0 spiro atoms. The van der Waals surface area contributed by atoms with Crippen LogP contribution < -0.4 is 9.62 Å². The number of likely N-dealkylation sites (tertiary alicyclic amines) is 1. The first-order valence-electron chi connectivity index (χ1n) is 13.4. The van der Waals surface area contributed by atoms with Gasteiger partial charge in [-0.15, -0.1) is 0 Å². The van der Waals surface area contributed by atoms with E-state index in [1.165, 1.54) is 42.7 Å². The van der Waals surface area contributed by atoms with Crippen LogP contribution in [0.5, 0.6) is 0 Å². The SMILES string of the molecule is CNC(=O)c1c(-c2ccc(F)cc2)oc2cc(N(C)S(C)(=O)=O)c([C@@H]3CCCN(C(=O)c4cc(C)c(C)[nH]4)C3)cc12. The van der Waals surface area contributed by atoms with Crippen LogP contribution >= 0.6 is 0 Å². The van der Waals surface area contributed by atoms with Gasteiger partial charge in [-0.3, -0.25) is 13.9 Å². The Hall–Kier alpha value is -4.12. The minimum atomic E-state index is -3.66. The number of aryl methyl sites for hydroxylation is 2. The van der Waals surface area contributed by atoms with Crippen molar-refractivity contribution in [3.05, 3.63) is 76.4 Å². The van der Waals surface area contributed by atoms with E-state index in [4.69, 9.17) is 4.42 Å². The van der Waals surface area contributed by atoms with E-state index in [2.05, 4.69) is 10.3 Å². The standard InChI is InChI=1S/C30H33FN4O5S/c1-17-13-24(33-18(17)2)30(37)35-12-6-7-20(16-35)22-14-23-26(15-25(22)34(4)41(5,38)39)40-28(27(23)29(36)32-3)19-8-10-21(31)11-9-19/h8-11,13-15,20,33H,6-7,12,16H2,1-5H3,(H,32,36)/t20-/m1/s1. The van der Waals surface area contributed by atoms with E-state index >= 15 is 0 Å². The molecular formula is C30H33FN4O5S. The van der Waals surface area contributed by atoms with Gasteiger partial charge < -0.3 is 19.6 Å². The van der Waals surface area contributed by atoms with Gasteiger partial charge in [0.2, 0.25) is 10.0 Å². The molecule has 2 aromatic heterocycles. The molecule has 216 valence electrons. The molecule has 1 aliphatic rings. The highest BCUT2D eigenvalue weighted by Crippen LogP contribution is 2.42. The highest BCUT2D eigenvalue weighted by molar-refractivity contribution is 7.92. The van der Waals surface area contributed by atoms with Crippen molar-refractivity contribution in [3.63, 3.8) is 0 Å². The average Bonchev–Trinajstić information content (AvgIpc) is 3.49. The van der Waals surface area contributed by atoms with Gasteiger partial charge in [-0.25, -0.2) is 12.8 Å². The van der Waals surface area contributed by atoms with Crippen LogP contribution in [0.2, 0.25) is 0 Å². The van der Waals surface area contributed by atoms with Crippen molar-refractivity contribution >= 4 is 38.5 Å². The van der Waals surface area contributed by atoms with Crippen LogP contribution in [0, 0.1) is 19.7 Å². The Morgan fingerprint density at radius 1 is 1.15 bits per heavy atom. The van der Waals surface area contributed by atoms with Crippen LogP contribution in [0.25, 0.3) is 22.3 Å². The summed E-state index contributed by atoms with van der Waals surface area (Å²) in [5.41, 5.74) is 4.65. The summed E-state index contributed by atoms with van der Waals surface area (Å²) in [7, 11) is -0.674. The first-order chi connectivity index (χ1) is 19.4. The number of hydrogen-bond acceptors (Lipinski definition) is 5. The molecule has 1 aliphatic heterocycles. The Bertz CT molecular complexity index is 1740. The van der Waals surface area contributed by atoms with Crippen molar-refractivity contribution in [2.75, 3.05) is 37.7 Å². The van der Waals surface area contributed by atoms with Gasteiger partial charge in [0, 0.05) is 55.8 Å². The zero-order valence-electron chi connectivity index (χ0n) is 23.7. The molecule has 5 rings (SSSR count). The number of halogens is 1. The first-order valence-corrected chi connectivity index (χ1v) is 15.2. The molecule has 11 heteroatoms. The van der Waals surface area contributed by atoms with Crippen molar-refractivity contribution in [1.82, 2.24) is 15.2 Å². The zero-order valence-corrected chi connectivity index (χ0v) is 24.5. The molecule has 1 atom stereocenters. The molecule has 0 aliphatic carbocycles. The van der Waals surface area contributed by atoms with Crippen LogP contribution in [0.1, 0.15) is 56.4 Å². The molecule has 41 heavy (non-hydrogen) atoms. The van der Waals surface area contributed by atoms with E-state index in [9.17, 15) is 22.4 Å². The number of nitrogens with zero attached hydrogens (tertiary/aromatic N) is 2. The van der Waals surface area contributed by atoms with Crippen LogP contribution in [-0.2, 0) is 10.0 Å². The molecule has 2 N–H and O–H groups in total. The van der Waals surface area contributed by atoms with Crippen molar-refractivity contribution in [3.8, 4) is 11.3 Å². The molecule has 2 aromatic carbocycles. The fraction of sp³-hybridized carbons (Fsp3) is 0.333. The number of aromatic amines is 1. The van der Waals surface area contributed by atoms with Gasteiger partial charge in [0.25, 0.3) is 11.8 Å². The van der Waals surface area contributed by atoms with Crippen molar-refractivity contribution < 1.29 is 26.8 Å². The summed E-state index contributed by atoms with van der Waals surface area (Å²) in [5.74, 6) is -0.876. The van der Waals surface area contributed by atoms with Gasteiger partial charge in [0.05, 0.1) is 17.5 Å². The number of furan rings is 1. The predicted molar refractivity (Wildman–Crippen MR) is 156 cm³/mol. The third kappa shape index (κ3) is 5.33. The van der Waals surface area contributed by atoms with Crippen LogP contribution in [-0.4, -0.2) is 63.6 Å². The molecule has 1 saturated heterocycles. The summed E-state index contributed by atoms with van der Waals surface area (Å²) in [5, 5.41) is 3.16. The van der Waals surface area contributed by atoms with Crippen molar-refractivity contribution in [2.24, 2.45) is 0 Å². The molecule has 0 unspecified atom stereocenters. The lowest BCUT2D eigenvalue weighted by Crippen LogP contribution is -2.39. The number of carbonyl (C=O) groups is 2. The third-order valence-electron chi connectivity index (χ3n) is 7.89. The Balaban J connectivity index is 1.66. The number of rotatable bonds is 6. The Kier molecular flexibility index (Phi) is 7.41. The summed E-state index contributed by atoms with van der Waals surface area (Å²) >= 11 is 0. The van der Waals surface area contributed by atoms with E-state index in [0.29, 0.717) is 46.6 Å². The van der Waals surface area contributed by atoms with Crippen molar-refractivity contribution in [2.45, 2.75) is 32.6 Å². The maximum atomic E-state index is 13.7. The Morgan fingerprint density at radius 2 is 1.85 bits per heavy atom. The summed E-state index contributed by atoms with van der Waals surface area (Å²) in [6.45, 7) is 4.82. The molecule has 3 heterocycles. The van der Waals surface area contributed by atoms with E-state index in [0.717, 1.165) is 30.4 Å². The predicted octanol–water partition coefficient (Wildman–Crippen LogP) is 4.96. The lowest BCUT2D eigenvalue weighted by molar-refractivity contribution is 0.0701. The second-order valence-corrected chi connectivity index (χ2v) is 12.6. The summed E-state index contributed by atoms with van der Waals surface area (Å²) in [6.07, 6.45) is 2.57. The molecular weight excluding hydrogens is 547 g/mol. The van der Waals surface area contributed by atoms with E-state index in [-0.39, 0.29) is 23.1 Å². The van der Waals surface area contributed by atoms with Gasteiger partial charge in [-0.05, 0) is 74.2 Å². The molecule has 1 fully saturated rings. The lowest BCUT2D eigenvalue weighted by Gasteiger charge is -2.34. The minimum Gasteiger partial charge on any atom is -0.455 e. The summed E-state index contributed by atoms with van der Waals surface area (Å²) in [6, 6.07) is 10.9. The number of piperidine rings is 1. The number of amides is 2. The normalized spacial score (nSPS) is 15.8. The largest absolute Gasteiger partial charge is 0.455 e. The maximum absolute atomic E-state index is 13.7. The van der Waals surface area contributed by atoms with Gasteiger partial charge in [-0.2, -0.15) is 0 Å². The Morgan fingerprint density at radius 3 is 2.46 bits per heavy atom. The summed E-state index contributed by atoms with van der Waals surface area (Å²) < 4.78 is 46.4. The number of H-pyrrole nitrogens is 1. The molecule has 0 saturated carbocycles. The molecule has 0 radical (unpaired) electrons. The third-order valence-corrected chi connectivity index (χ3v) is 9.08. The van der Waals surface area contributed by atoms with Crippen LogP contribution in [0.3, 0.4) is 0 Å². The van der Waals surface area contributed by atoms with Gasteiger partial charge in [0.1, 0.15) is 22.9 Å². The fourth-order valence-electron chi connectivity index (χ4n) is 5.44. The smallest absolute Gasteiger partial charge is 0.270 e. The number of carbonyl (C=O) groups excluding carboxylic acids is 2. The topological polar surface area (TPSA) is 116 Å². The monoisotopic (exact) mass is 580 g/mol. The first kappa shape index (κ1) is 28.4. The van der Waals surface area contributed by atoms with E-state index in [1.807, 2.05) is 19.9 Å². The van der Waals surface area contributed by atoms with E-state index < -0.39 is 21.7 Å². The number of hydrogen-bond donors (Lipinski definition) is 2. The second-order valence-electron chi connectivity index (χ2n) is 10.6. The molecule has 0 bridgehead atoms.